The van der Waals surface area contributed by atoms with Gasteiger partial charge in [-0.25, -0.2) is 8.42 Å². The second-order valence-corrected chi connectivity index (χ2v) is 22.7. The van der Waals surface area contributed by atoms with E-state index in [4.69, 9.17) is 8.70 Å². The van der Waals surface area contributed by atoms with Crippen LogP contribution in [0.4, 0.5) is 17.1 Å². The first-order chi connectivity index (χ1) is 34.2. The second-order valence-electron chi connectivity index (χ2n) is 17.8. The smallest absolute Gasteiger partial charge is 0.312 e. The molecule has 1 heterocycles. The van der Waals surface area contributed by atoms with Gasteiger partial charge in [0.2, 0.25) is 11.0 Å². The van der Waals surface area contributed by atoms with Gasteiger partial charge in [-0.3, -0.25) is 0 Å². The van der Waals surface area contributed by atoms with E-state index in [1.807, 2.05) is 98.8 Å². The van der Waals surface area contributed by atoms with E-state index in [1.54, 1.807) is 53.9 Å². The van der Waals surface area contributed by atoms with Crippen LogP contribution in [0, 0.1) is 33.6 Å². The fraction of sp³-hybridized carbons (Fsp3) is 0.246. The maximum atomic E-state index is 13.7. The van der Waals surface area contributed by atoms with E-state index in [2.05, 4.69) is 73.0 Å². The fourth-order valence-corrected chi connectivity index (χ4v) is 12.6. The number of hydrogen-bond acceptors (Lipinski definition) is 11. The Bertz CT molecular complexity index is 3390. The lowest BCUT2D eigenvalue weighted by molar-refractivity contribution is 0.179. The standard InChI is InChI=1S/C57H59N3O7S4/c1-7-9-21-43(8-2)36-58-67-71(64,65)48-32-41(5)57(42(6)33-48)60(38-69-47-24-14-11-15-25-47)45-29-31-50-53(35-45)66-52-34-44(28-30-49(52)55(50)51-26-16-17-27-54(51)70(61,62)63)59(37-68-46-22-12-10-13-23-46)56-39(3)19-18-20-40(56)4/h10-20,22-35,43,58H,7-9,21,36-38H2,1-6H3. The molecule has 0 fully saturated rings. The highest BCUT2D eigenvalue weighted by Gasteiger charge is 2.27. The van der Waals surface area contributed by atoms with Crippen LogP contribution >= 0.6 is 23.5 Å². The quantitative estimate of drug-likeness (QED) is 0.0195. The Morgan fingerprint density at radius 2 is 1.35 bits per heavy atom. The number of benzene rings is 7. The number of fused-ring (bicyclic) bond motifs is 2. The van der Waals surface area contributed by atoms with Gasteiger partial charge in [0.05, 0.1) is 21.7 Å². The van der Waals surface area contributed by atoms with E-state index in [0.29, 0.717) is 63.2 Å². The average Bonchev–Trinajstić information content (AvgIpc) is 3.35. The van der Waals surface area contributed by atoms with E-state index in [1.165, 1.54) is 6.07 Å². The van der Waals surface area contributed by atoms with Crippen molar-refractivity contribution < 1.29 is 30.1 Å². The lowest BCUT2D eigenvalue weighted by atomic mass is 9.93. The zero-order chi connectivity index (χ0) is 50.3. The number of para-hydroxylation sites is 1. The molecule has 0 radical (unpaired) electrons. The normalized spacial score (nSPS) is 12.9. The molecule has 71 heavy (non-hydrogen) atoms. The van der Waals surface area contributed by atoms with Crippen molar-refractivity contribution in [2.75, 3.05) is 23.2 Å². The van der Waals surface area contributed by atoms with Gasteiger partial charge in [-0.05, 0) is 112 Å². The van der Waals surface area contributed by atoms with E-state index in [0.717, 1.165) is 69.0 Å². The van der Waals surface area contributed by atoms with Crippen LogP contribution in [0.15, 0.2) is 176 Å². The van der Waals surface area contributed by atoms with Crippen LogP contribution in [0.1, 0.15) is 61.8 Å². The topological polar surface area (TPSA) is 132 Å². The van der Waals surface area contributed by atoms with Gasteiger partial charge in [0.1, 0.15) is 21.5 Å². The first-order valence-electron chi connectivity index (χ1n) is 23.8. The molecular weight excluding hydrogens is 967 g/mol. The molecule has 1 unspecified atom stereocenters. The molecule has 0 aromatic heterocycles. The first-order valence-corrected chi connectivity index (χ1v) is 28.6. The van der Waals surface area contributed by atoms with Gasteiger partial charge >= 0.3 is 10.1 Å². The Morgan fingerprint density at radius 1 is 0.704 bits per heavy atom. The minimum Gasteiger partial charge on any atom is -0.744 e. The summed E-state index contributed by atoms with van der Waals surface area (Å²) in [5.74, 6) is 1.76. The predicted molar refractivity (Wildman–Crippen MR) is 289 cm³/mol. The Hall–Kier alpha value is -5.71. The van der Waals surface area contributed by atoms with Gasteiger partial charge < -0.3 is 13.9 Å². The van der Waals surface area contributed by atoms with Gasteiger partial charge in [-0.1, -0.05) is 118 Å². The van der Waals surface area contributed by atoms with E-state index < -0.39 is 20.2 Å². The summed E-state index contributed by atoms with van der Waals surface area (Å²) in [4.78, 5) is 4.14. The van der Waals surface area contributed by atoms with Crippen LogP contribution in [-0.4, -0.2) is 39.7 Å². The molecule has 14 heteroatoms. The number of hydrogen-bond donors (Lipinski definition) is 1. The van der Waals surface area contributed by atoms with Crippen LogP contribution in [0.3, 0.4) is 0 Å². The number of aryl methyl sites for hydroxylation is 4. The van der Waals surface area contributed by atoms with Gasteiger partial charge in [0.15, 0.2) is 5.88 Å². The molecule has 1 N–H and O–H groups in total. The van der Waals surface area contributed by atoms with Crippen molar-refractivity contribution >= 4 is 71.8 Å². The molecule has 368 valence electrons. The Balaban J connectivity index is 1.32. The molecule has 0 spiro atoms. The van der Waals surface area contributed by atoms with Crippen molar-refractivity contribution in [3.8, 4) is 22.5 Å². The fourth-order valence-electron chi connectivity index (χ4n) is 9.17. The maximum Gasteiger partial charge on any atom is 0.312 e. The van der Waals surface area contributed by atoms with E-state index in [9.17, 15) is 21.4 Å². The third-order valence-electron chi connectivity index (χ3n) is 12.8. The second kappa shape index (κ2) is 22.8. The molecule has 8 rings (SSSR count). The minimum atomic E-state index is -4.91. The highest BCUT2D eigenvalue weighted by molar-refractivity contribution is 7.99. The number of nitrogens with one attached hydrogen (secondary N) is 1. The summed E-state index contributed by atoms with van der Waals surface area (Å²) in [5.41, 5.74) is 11.0. The number of rotatable bonds is 20. The summed E-state index contributed by atoms with van der Waals surface area (Å²) in [5, 5.41) is 1.37. The van der Waals surface area contributed by atoms with Gasteiger partial charge in [-0.15, -0.1) is 11.8 Å². The molecule has 2 aliphatic rings. The van der Waals surface area contributed by atoms with Crippen molar-refractivity contribution in [3.63, 3.8) is 0 Å². The molecule has 10 nitrogen and oxygen atoms in total. The minimum absolute atomic E-state index is 0.0468. The largest absolute Gasteiger partial charge is 0.744 e. The van der Waals surface area contributed by atoms with Crippen LogP contribution in [0.5, 0.6) is 0 Å². The lowest BCUT2D eigenvalue weighted by Crippen LogP contribution is -2.28. The molecule has 6 aromatic carbocycles. The van der Waals surface area contributed by atoms with Crippen LogP contribution in [0.25, 0.3) is 33.4 Å². The van der Waals surface area contributed by atoms with Crippen LogP contribution in [-0.2, 0) is 24.5 Å². The lowest BCUT2D eigenvalue weighted by Gasteiger charge is -2.28. The third kappa shape index (κ3) is 12.0. The summed E-state index contributed by atoms with van der Waals surface area (Å²) in [6.45, 7) is 12.7. The number of thioether (sulfide) groups is 2. The summed E-state index contributed by atoms with van der Waals surface area (Å²) < 4.78 is 80.8. The zero-order valence-electron chi connectivity index (χ0n) is 40.8. The van der Waals surface area contributed by atoms with E-state index in [-0.39, 0.29) is 15.4 Å². The van der Waals surface area contributed by atoms with Crippen molar-refractivity contribution in [2.45, 2.75) is 86.8 Å². The Labute approximate surface area is 427 Å². The molecule has 1 aliphatic carbocycles. The molecule has 0 saturated carbocycles. The van der Waals surface area contributed by atoms with Gasteiger partial charge in [0, 0.05) is 73.0 Å². The zero-order valence-corrected chi connectivity index (χ0v) is 44.1. The summed E-state index contributed by atoms with van der Waals surface area (Å²) in [6, 6.07) is 47.8. The predicted octanol–water partition coefficient (Wildman–Crippen LogP) is 13.5. The van der Waals surface area contributed by atoms with Crippen molar-refractivity contribution in [1.29, 1.82) is 0 Å². The van der Waals surface area contributed by atoms with Crippen molar-refractivity contribution in [3.05, 3.63) is 179 Å². The molecule has 1 atom stereocenters. The molecule has 0 amide bonds. The number of nitrogens with zero attached hydrogens (tertiary/aromatic N) is 2. The Morgan fingerprint density at radius 3 is 2.00 bits per heavy atom. The summed E-state index contributed by atoms with van der Waals surface area (Å²) in [6.07, 6.45) is 4.04. The van der Waals surface area contributed by atoms with Gasteiger partial charge in [-0.2, -0.15) is 22.8 Å². The van der Waals surface area contributed by atoms with E-state index >= 15 is 0 Å². The molecule has 0 bridgehead atoms. The molecule has 1 aliphatic heterocycles. The number of unbranched alkanes of at least 4 members (excludes halogenated alkanes) is 1. The average molecular weight is 1030 g/mol. The van der Waals surface area contributed by atoms with Crippen molar-refractivity contribution in [2.24, 2.45) is 5.92 Å². The molecule has 6 aromatic rings. The number of hydroxylamine groups is 1. The van der Waals surface area contributed by atoms with Crippen LogP contribution < -0.4 is 20.3 Å². The van der Waals surface area contributed by atoms with Crippen molar-refractivity contribution in [1.82, 2.24) is 10.1 Å². The highest BCUT2D eigenvalue weighted by atomic mass is 32.2. The SMILES string of the molecule is CCCCC(CC)CNOS(=O)(=O)c1cc(C)c(/[N+](CSc2ccccc2)=c2\ccc3c(-c4ccccc4S(=O)(=O)[O-])c4ccc(N(CSc5ccccc5)c5c(C)cccc5C)cc4oc-3c2)c(C)c1. The van der Waals surface area contributed by atoms with Gasteiger partial charge in [0.25, 0.3) is 0 Å². The monoisotopic (exact) mass is 1030 g/mol. The molecule has 0 saturated heterocycles. The summed E-state index contributed by atoms with van der Waals surface area (Å²) in [7, 11) is -9.06. The Kier molecular flexibility index (Phi) is 16.6. The third-order valence-corrected chi connectivity index (χ3v) is 16.8. The number of anilines is 2. The van der Waals surface area contributed by atoms with Crippen LogP contribution in [0.2, 0.25) is 0 Å². The first kappa shape index (κ1) is 51.6. The molecular formula is C57H59N3O7S4. The summed E-state index contributed by atoms with van der Waals surface area (Å²) >= 11 is 3.33. The maximum absolute atomic E-state index is 13.7. The highest BCUT2D eigenvalue weighted by Crippen LogP contribution is 2.44.